The summed E-state index contributed by atoms with van der Waals surface area (Å²) in [5, 5.41) is 8.43. The Morgan fingerprint density at radius 2 is 2.07 bits per heavy atom. The smallest absolute Gasteiger partial charge is 0.360 e. The molecule has 0 aromatic rings. The predicted octanol–water partition coefficient (Wildman–Crippen LogP) is -0.378. The Balaban J connectivity index is 5.03. The van der Waals surface area contributed by atoms with Crippen molar-refractivity contribution in [2.75, 3.05) is 12.8 Å². The fraction of sp³-hybridized carbons (Fsp3) is 0.833. The maximum Gasteiger partial charge on any atom is 0.360 e. The fourth-order valence-corrected chi connectivity index (χ4v) is 1.56. The van der Waals surface area contributed by atoms with Gasteiger partial charge in [0.05, 0.1) is 6.26 Å². The van der Waals surface area contributed by atoms with Crippen LogP contribution in [0.5, 0.6) is 0 Å². The summed E-state index contributed by atoms with van der Waals surface area (Å²) in [6.07, 6.45) is -0.631. The van der Waals surface area contributed by atoms with Gasteiger partial charge in [0.25, 0.3) is 0 Å². The Bertz CT molecular complexity index is 334. The molecule has 0 rings (SSSR count). The van der Waals surface area contributed by atoms with Crippen molar-refractivity contribution in [3.8, 4) is 0 Å². The van der Waals surface area contributed by atoms with Gasteiger partial charge in [-0.3, -0.25) is 0 Å². The van der Waals surface area contributed by atoms with E-state index in [1.54, 1.807) is 0 Å². The Hall–Kier alpha value is -0.800. The second kappa shape index (κ2) is 4.81. The summed E-state index contributed by atoms with van der Waals surface area (Å²) in [7, 11) is -4.57. The summed E-state index contributed by atoms with van der Waals surface area (Å²) in [4.78, 5) is 10.5. The van der Waals surface area contributed by atoms with Gasteiger partial charge >= 0.3 is 11.8 Å². The molecule has 0 fully saturated rings. The van der Waals surface area contributed by atoms with Crippen molar-refractivity contribution < 1.29 is 27.2 Å². The minimum Gasteiger partial charge on any atom is -0.478 e. The molecule has 9 heteroatoms. The molecule has 0 aliphatic carbocycles. The van der Waals surface area contributed by atoms with E-state index in [4.69, 9.17) is 10.8 Å². The number of nitrogens with zero attached hydrogens (tertiary/aromatic N) is 1. The molecule has 0 spiro atoms. The minimum absolute atomic E-state index is 0.0729. The van der Waals surface area contributed by atoms with Crippen LogP contribution in [0, 0.1) is 0 Å². The summed E-state index contributed by atoms with van der Waals surface area (Å²) >= 11 is 0. The normalized spacial score (nSPS) is 16.3. The average molecular weight is 246 g/mol. The van der Waals surface area contributed by atoms with Crippen molar-refractivity contribution in [1.29, 1.82) is 0 Å². The maximum absolute atomic E-state index is 13.5. The summed E-state index contributed by atoms with van der Waals surface area (Å²) < 4.78 is 46.5. The van der Waals surface area contributed by atoms with Crippen LogP contribution < -0.4 is 5.73 Å². The van der Waals surface area contributed by atoms with Crippen molar-refractivity contribution in [3.63, 3.8) is 0 Å². The van der Waals surface area contributed by atoms with Crippen LogP contribution in [0.15, 0.2) is 0 Å². The number of hydrogen-bond acceptors (Lipinski definition) is 4. The lowest BCUT2D eigenvalue weighted by atomic mass is 10.1. The van der Waals surface area contributed by atoms with Gasteiger partial charge in [-0.05, 0) is 13.0 Å². The number of alkyl halides is 1. The first-order chi connectivity index (χ1) is 6.66. The zero-order chi connectivity index (χ0) is 12.3. The molecule has 0 aromatic carbocycles. The molecule has 15 heavy (non-hydrogen) atoms. The molecule has 90 valence electrons. The van der Waals surface area contributed by atoms with Gasteiger partial charge < -0.3 is 10.8 Å². The lowest BCUT2D eigenvalue weighted by Gasteiger charge is -2.24. The predicted molar refractivity (Wildman–Crippen MR) is 47.6 cm³/mol. The van der Waals surface area contributed by atoms with Crippen LogP contribution in [0.4, 0.5) is 8.87 Å². The second-order valence-corrected chi connectivity index (χ2v) is 4.72. The number of carboxylic acids is 1. The second-order valence-electron chi connectivity index (χ2n) is 2.93. The number of sulfonamides is 1. The van der Waals surface area contributed by atoms with Crippen LogP contribution >= 0.6 is 0 Å². The Kier molecular flexibility index (Phi) is 4.56. The van der Waals surface area contributed by atoms with Gasteiger partial charge in [-0.2, -0.15) is 0 Å². The Morgan fingerprint density at radius 3 is 2.33 bits per heavy atom. The Morgan fingerprint density at radius 1 is 1.60 bits per heavy atom. The number of halogens is 2. The summed E-state index contributed by atoms with van der Waals surface area (Å²) in [5.74, 6) is -5.80. The molecule has 0 radical (unpaired) electrons. The van der Waals surface area contributed by atoms with Gasteiger partial charge in [-0.25, -0.2) is 17.6 Å². The lowest BCUT2D eigenvalue weighted by Crippen LogP contribution is -2.49. The monoisotopic (exact) mass is 246 g/mol. The number of aliphatic carboxylic acids is 1. The number of carbonyl (C=O) groups is 1. The number of rotatable bonds is 6. The maximum atomic E-state index is 13.5. The van der Waals surface area contributed by atoms with Gasteiger partial charge in [0.15, 0.2) is 0 Å². The molecule has 0 heterocycles. The largest absolute Gasteiger partial charge is 0.478 e. The van der Waals surface area contributed by atoms with E-state index in [1.807, 2.05) is 0 Å². The molecule has 6 nitrogen and oxygen atoms in total. The van der Waals surface area contributed by atoms with Crippen molar-refractivity contribution in [1.82, 2.24) is 4.53 Å². The molecule has 0 unspecified atom stereocenters. The zero-order valence-electron chi connectivity index (χ0n) is 7.98. The van der Waals surface area contributed by atoms with E-state index in [1.165, 1.54) is 0 Å². The molecule has 3 N–H and O–H groups in total. The fourth-order valence-electron chi connectivity index (χ4n) is 0.869. The summed E-state index contributed by atoms with van der Waals surface area (Å²) in [5.41, 5.74) is 5.00. The molecule has 0 aliphatic rings. The highest BCUT2D eigenvalue weighted by Gasteiger charge is 2.50. The van der Waals surface area contributed by atoms with Crippen LogP contribution in [0.1, 0.15) is 12.8 Å². The third-order valence-electron chi connectivity index (χ3n) is 1.61. The molecule has 0 saturated heterocycles. The third kappa shape index (κ3) is 3.36. The molecular weight excluding hydrogens is 234 g/mol. The first-order valence-electron chi connectivity index (χ1n) is 3.95. The van der Waals surface area contributed by atoms with Crippen LogP contribution in [0.3, 0.4) is 0 Å². The van der Waals surface area contributed by atoms with E-state index in [-0.39, 0.29) is 13.0 Å². The number of nitrogens with two attached hydrogens (primary N) is 1. The highest BCUT2D eigenvalue weighted by molar-refractivity contribution is 7.88. The van der Waals surface area contributed by atoms with Crippen LogP contribution in [0.2, 0.25) is 0 Å². The minimum atomic E-state index is -4.57. The van der Waals surface area contributed by atoms with Gasteiger partial charge in [0, 0.05) is 10.9 Å². The highest BCUT2D eigenvalue weighted by atomic mass is 32.2. The van der Waals surface area contributed by atoms with Gasteiger partial charge in [0.2, 0.25) is 10.0 Å². The van der Waals surface area contributed by atoms with Crippen molar-refractivity contribution in [2.45, 2.75) is 18.6 Å². The van der Waals surface area contributed by atoms with E-state index in [2.05, 4.69) is 0 Å². The summed E-state index contributed by atoms with van der Waals surface area (Å²) in [6.45, 7) is -0.0729. The van der Waals surface area contributed by atoms with E-state index >= 15 is 0 Å². The van der Waals surface area contributed by atoms with E-state index in [0.29, 0.717) is 6.26 Å². The number of carboxylic acid groups (broad SMARTS) is 1. The third-order valence-corrected chi connectivity index (χ3v) is 2.48. The SMILES string of the molecule is CS(=O)(=O)N(F)[C@@](F)(CCCN)C(=O)O. The Labute approximate surface area is 85.6 Å². The van der Waals surface area contributed by atoms with Crippen molar-refractivity contribution in [2.24, 2.45) is 5.73 Å². The van der Waals surface area contributed by atoms with Gasteiger partial charge in [-0.15, -0.1) is 4.48 Å². The van der Waals surface area contributed by atoms with Crippen molar-refractivity contribution >= 4 is 16.0 Å². The molecule has 1 atom stereocenters. The molecule has 0 aliphatic heterocycles. The van der Waals surface area contributed by atoms with Crippen LogP contribution in [-0.4, -0.2) is 42.6 Å². The molecular formula is C6H12F2N2O4S. The first-order valence-corrected chi connectivity index (χ1v) is 5.79. The average Bonchev–Trinajstić information content (AvgIpc) is 2.11. The topological polar surface area (TPSA) is 101 Å². The lowest BCUT2D eigenvalue weighted by molar-refractivity contribution is -0.175. The highest BCUT2D eigenvalue weighted by Crippen LogP contribution is 2.27. The van der Waals surface area contributed by atoms with Crippen LogP contribution in [0.25, 0.3) is 0 Å². The zero-order valence-corrected chi connectivity index (χ0v) is 8.80. The molecule has 0 amide bonds. The van der Waals surface area contributed by atoms with Gasteiger partial charge in [0.1, 0.15) is 0 Å². The molecule has 0 bridgehead atoms. The van der Waals surface area contributed by atoms with E-state index in [0.717, 1.165) is 0 Å². The first kappa shape index (κ1) is 14.2. The van der Waals surface area contributed by atoms with E-state index in [9.17, 15) is 22.1 Å². The standard InChI is InChI=1S/C6H12F2N2O4S/c1-15(13,14)10(8)6(7,5(11)12)3-2-4-9/h2-4,9H2,1H3,(H,11,12)/t6-/m0/s1. The summed E-state index contributed by atoms with van der Waals surface area (Å²) in [6, 6.07) is 0. The quantitative estimate of drug-likeness (QED) is 0.491. The van der Waals surface area contributed by atoms with Crippen LogP contribution in [-0.2, 0) is 14.8 Å². The molecule has 0 aromatic heterocycles. The molecule has 0 saturated carbocycles. The van der Waals surface area contributed by atoms with Gasteiger partial charge in [-0.1, -0.05) is 0 Å². The number of hydrogen-bond donors (Lipinski definition) is 2. The van der Waals surface area contributed by atoms with E-state index < -0.39 is 32.7 Å². The van der Waals surface area contributed by atoms with Crippen molar-refractivity contribution in [3.05, 3.63) is 0 Å².